The number of ether oxygens (including phenoxy) is 1. The molecule has 0 bridgehead atoms. The molecular weight excluding hydrogens is 320 g/mol. The summed E-state index contributed by atoms with van der Waals surface area (Å²) in [6.07, 6.45) is 4.47. The maximum absolute atomic E-state index is 12.2. The number of fused-ring (bicyclic) bond motifs is 1. The zero-order valence-corrected chi connectivity index (χ0v) is 14.7. The van der Waals surface area contributed by atoms with E-state index in [0.29, 0.717) is 23.5 Å². The smallest absolute Gasteiger partial charge is 0.338 e. The summed E-state index contributed by atoms with van der Waals surface area (Å²) < 4.78 is 6.90. The molecule has 1 N–H and O–H groups in total. The van der Waals surface area contributed by atoms with Gasteiger partial charge in [0.2, 0.25) is 0 Å². The molecule has 2 aromatic rings. The molecular formula is C18H24N4O3. The third-order valence-corrected chi connectivity index (χ3v) is 4.84. The molecule has 7 heteroatoms. The van der Waals surface area contributed by atoms with Gasteiger partial charge in [-0.2, -0.15) is 0 Å². The topological polar surface area (TPSA) is 86.1 Å². The van der Waals surface area contributed by atoms with Crippen LogP contribution in [-0.2, 0) is 16.1 Å². The van der Waals surface area contributed by atoms with Gasteiger partial charge in [0.1, 0.15) is 5.52 Å². The van der Waals surface area contributed by atoms with Crippen LogP contribution in [0.4, 0.5) is 0 Å². The van der Waals surface area contributed by atoms with E-state index in [4.69, 9.17) is 4.74 Å². The maximum Gasteiger partial charge on any atom is 0.338 e. The van der Waals surface area contributed by atoms with Crippen molar-refractivity contribution in [3.63, 3.8) is 0 Å². The van der Waals surface area contributed by atoms with Gasteiger partial charge < -0.3 is 10.1 Å². The molecule has 7 nitrogen and oxygen atoms in total. The molecule has 1 aromatic carbocycles. The second-order valence-electron chi connectivity index (χ2n) is 6.62. The molecule has 0 saturated heterocycles. The molecule has 1 aliphatic rings. The van der Waals surface area contributed by atoms with Crippen molar-refractivity contribution < 1.29 is 14.3 Å². The van der Waals surface area contributed by atoms with E-state index in [9.17, 15) is 9.59 Å². The van der Waals surface area contributed by atoms with Gasteiger partial charge in [-0.25, -0.2) is 9.48 Å². The minimum absolute atomic E-state index is 0.181. The summed E-state index contributed by atoms with van der Waals surface area (Å²) >= 11 is 0. The lowest BCUT2D eigenvalue weighted by atomic mass is 9.86. The monoisotopic (exact) mass is 344 g/mol. The van der Waals surface area contributed by atoms with Gasteiger partial charge in [-0.05, 0) is 43.9 Å². The minimum Gasteiger partial charge on any atom is -0.452 e. The van der Waals surface area contributed by atoms with Crippen LogP contribution in [-0.4, -0.2) is 39.5 Å². The molecule has 1 heterocycles. The lowest BCUT2D eigenvalue weighted by Crippen LogP contribution is -2.42. The first-order valence-electron chi connectivity index (χ1n) is 8.88. The predicted octanol–water partition coefficient (Wildman–Crippen LogP) is 2.30. The van der Waals surface area contributed by atoms with Gasteiger partial charge in [-0.3, -0.25) is 4.79 Å². The standard InChI is InChI=1S/C18H24N4O3/c1-3-22-16-9-8-13(10-15(16)20-21-22)18(24)25-11-17(23)19-14-7-5-4-6-12(14)2/h8-10,12,14H,3-7,11H2,1-2H3,(H,19,23)/t12-,14-/m0/s1. The van der Waals surface area contributed by atoms with Crippen molar-refractivity contribution in [1.29, 1.82) is 0 Å². The predicted molar refractivity (Wildman–Crippen MR) is 93.0 cm³/mol. The Hall–Kier alpha value is -2.44. The van der Waals surface area contributed by atoms with Crippen molar-refractivity contribution in [1.82, 2.24) is 20.3 Å². The van der Waals surface area contributed by atoms with Crippen LogP contribution in [0.3, 0.4) is 0 Å². The number of hydrogen-bond donors (Lipinski definition) is 1. The fourth-order valence-electron chi connectivity index (χ4n) is 3.33. The first-order chi connectivity index (χ1) is 12.1. The highest BCUT2D eigenvalue weighted by Crippen LogP contribution is 2.23. The van der Waals surface area contributed by atoms with Crippen molar-refractivity contribution in [2.75, 3.05) is 6.61 Å². The summed E-state index contributed by atoms with van der Waals surface area (Å²) in [5, 5.41) is 11.0. The Balaban J connectivity index is 1.56. The van der Waals surface area contributed by atoms with Gasteiger partial charge in [-0.15, -0.1) is 5.10 Å². The van der Waals surface area contributed by atoms with Crippen LogP contribution in [0.1, 0.15) is 49.9 Å². The third kappa shape index (κ3) is 3.97. The number of carbonyl (C=O) groups is 2. The summed E-state index contributed by atoms with van der Waals surface area (Å²) in [5.74, 6) is -0.304. The third-order valence-electron chi connectivity index (χ3n) is 4.84. The van der Waals surface area contributed by atoms with E-state index in [0.717, 1.165) is 24.8 Å². The zero-order chi connectivity index (χ0) is 17.8. The molecule has 1 aromatic heterocycles. The first kappa shape index (κ1) is 17.4. The van der Waals surface area contributed by atoms with E-state index in [2.05, 4.69) is 22.6 Å². The summed E-state index contributed by atoms with van der Waals surface area (Å²) in [7, 11) is 0. The average Bonchev–Trinajstić information content (AvgIpc) is 3.04. The van der Waals surface area contributed by atoms with Crippen LogP contribution >= 0.6 is 0 Å². The van der Waals surface area contributed by atoms with Crippen molar-refractivity contribution in [2.24, 2.45) is 5.92 Å². The van der Waals surface area contributed by atoms with Gasteiger partial charge in [0.05, 0.1) is 11.1 Å². The number of amides is 1. The quantitative estimate of drug-likeness (QED) is 0.841. The van der Waals surface area contributed by atoms with Crippen molar-refractivity contribution >= 4 is 22.9 Å². The molecule has 0 radical (unpaired) electrons. The number of rotatable bonds is 5. The van der Waals surface area contributed by atoms with E-state index < -0.39 is 5.97 Å². The van der Waals surface area contributed by atoms with Crippen LogP contribution in [0.5, 0.6) is 0 Å². The van der Waals surface area contributed by atoms with E-state index in [1.807, 2.05) is 6.92 Å². The van der Waals surface area contributed by atoms with Gasteiger partial charge in [-0.1, -0.05) is 25.0 Å². The molecule has 2 atom stereocenters. The normalized spacial score (nSPS) is 20.4. The minimum atomic E-state index is -0.528. The number of nitrogens with one attached hydrogen (secondary N) is 1. The number of benzene rings is 1. The van der Waals surface area contributed by atoms with Crippen LogP contribution in [0.25, 0.3) is 11.0 Å². The Labute approximate surface area is 146 Å². The van der Waals surface area contributed by atoms with Crippen molar-refractivity contribution in [3.05, 3.63) is 23.8 Å². The molecule has 25 heavy (non-hydrogen) atoms. The highest BCUT2D eigenvalue weighted by molar-refractivity contribution is 5.94. The van der Waals surface area contributed by atoms with E-state index >= 15 is 0 Å². The molecule has 0 unspecified atom stereocenters. The van der Waals surface area contributed by atoms with Crippen LogP contribution in [0, 0.1) is 5.92 Å². The summed E-state index contributed by atoms with van der Waals surface area (Å²) in [5.41, 5.74) is 1.87. The van der Waals surface area contributed by atoms with E-state index in [-0.39, 0.29) is 18.6 Å². The molecule has 134 valence electrons. The highest BCUT2D eigenvalue weighted by atomic mass is 16.5. The summed E-state index contributed by atoms with van der Waals surface area (Å²) in [6.45, 7) is 4.57. The van der Waals surface area contributed by atoms with Gasteiger partial charge in [0, 0.05) is 12.6 Å². The molecule has 3 rings (SSSR count). The number of aryl methyl sites for hydroxylation is 1. The zero-order valence-electron chi connectivity index (χ0n) is 14.7. The van der Waals surface area contributed by atoms with Gasteiger partial charge in [0.15, 0.2) is 6.61 Å². The molecule has 0 aliphatic heterocycles. The van der Waals surface area contributed by atoms with Crippen molar-refractivity contribution in [3.8, 4) is 0 Å². The number of carbonyl (C=O) groups excluding carboxylic acids is 2. The van der Waals surface area contributed by atoms with Crippen LogP contribution < -0.4 is 5.32 Å². The molecule has 0 spiro atoms. The fourth-order valence-corrected chi connectivity index (χ4v) is 3.33. The molecule has 1 saturated carbocycles. The first-order valence-corrected chi connectivity index (χ1v) is 8.88. The Bertz CT molecular complexity index is 771. The Morgan fingerprint density at radius 2 is 2.12 bits per heavy atom. The van der Waals surface area contributed by atoms with Crippen LogP contribution in [0.2, 0.25) is 0 Å². The summed E-state index contributed by atoms with van der Waals surface area (Å²) in [4.78, 5) is 24.2. The Kier molecular flexibility index (Phi) is 5.31. The average molecular weight is 344 g/mol. The second-order valence-corrected chi connectivity index (χ2v) is 6.62. The molecule has 1 aliphatic carbocycles. The van der Waals surface area contributed by atoms with Crippen molar-refractivity contribution in [2.45, 2.75) is 52.1 Å². The lowest BCUT2D eigenvalue weighted by Gasteiger charge is -2.29. The summed E-state index contributed by atoms with van der Waals surface area (Å²) in [6, 6.07) is 5.28. The molecule has 1 amide bonds. The Morgan fingerprint density at radius 3 is 2.88 bits per heavy atom. The molecule has 1 fully saturated rings. The number of nitrogens with zero attached hydrogens (tertiary/aromatic N) is 3. The maximum atomic E-state index is 12.2. The highest BCUT2D eigenvalue weighted by Gasteiger charge is 2.23. The van der Waals surface area contributed by atoms with Gasteiger partial charge >= 0.3 is 5.97 Å². The largest absolute Gasteiger partial charge is 0.452 e. The Morgan fingerprint density at radius 1 is 1.32 bits per heavy atom. The fraction of sp³-hybridized carbons (Fsp3) is 0.556. The van der Waals surface area contributed by atoms with Gasteiger partial charge in [0.25, 0.3) is 5.91 Å². The second kappa shape index (κ2) is 7.63. The SMILES string of the molecule is CCn1nnc2cc(C(=O)OCC(=O)N[C@H]3CCCC[C@@H]3C)ccc21. The van der Waals surface area contributed by atoms with E-state index in [1.54, 1.807) is 22.9 Å². The van der Waals surface area contributed by atoms with E-state index in [1.165, 1.54) is 6.42 Å². The number of hydrogen-bond acceptors (Lipinski definition) is 5. The lowest BCUT2D eigenvalue weighted by molar-refractivity contribution is -0.125. The number of aromatic nitrogens is 3. The van der Waals surface area contributed by atoms with Crippen LogP contribution in [0.15, 0.2) is 18.2 Å². The number of esters is 1.